The molecule has 7 nitrogen and oxygen atoms in total. The number of rotatable bonds is 6. The molecule has 0 fully saturated rings. The monoisotopic (exact) mass is 355 g/mol. The lowest BCUT2D eigenvalue weighted by molar-refractivity contribution is 0.102. The van der Waals surface area contributed by atoms with Crippen LogP contribution in [0.1, 0.15) is 27.6 Å². The van der Waals surface area contributed by atoms with E-state index in [1.54, 1.807) is 38.1 Å². The van der Waals surface area contributed by atoms with Crippen molar-refractivity contribution < 1.29 is 13.7 Å². The molecule has 0 saturated carbocycles. The Kier molecular flexibility index (Phi) is 5.21. The smallest absolute Gasteiger partial charge is 0.275 e. The fourth-order valence-corrected chi connectivity index (χ4v) is 2.37. The van der Waals surface area contributed by atoms with Crippen LogP contribution in [0.5, 0.6) is 0 Å². The third-order valence-electron chi connectivity index (χ3n) is 3.57. The van der Waals surface area contributed by atoms with Gasteiger partial charge in [0.25, 0.3) is 5.91 Å². The molecule has 134 valence electrons. The first-order valence-electron chi connectivity index (χ1n) is 8.08. The van der Waals surface area contributed by atoms with Gasteiger partial charge in [0.05, 0.1) is 0 Å². The van der Waals surface area contributed by atoms with Crippen LogP contribution in [0.25, 0.3) is 0 Å². The summed E-state index contributed by atoms with van der Waals surface area (Å²) >= 11 is 0. The Bertz CT molecular complexity index is 908. The standard InChI is InChI=1S/C18H18FN5O2/c1-11-9-17(24-26-11)23-18(25)15-10-16(22-12(2)21-15)20-8-7-13-3-5-14(19)6-4-13/h3-6,9-10H,7-8H2,1-2H3,(H,20,21,22)(H,23,24,25). The van der Waals surface area contributed by atoms with Crippen molar-refractivity contribution in [3.05, 3.63) is 65.1 Å². The van der Waals surface area contributed by atoms with E-state index in [1.807, 2.05) is 0 Å². The Balaban J connectivity index is 1.63. The van der Waals surface area contributed by atoms with Crippen molar-refractivity contribution in [2.45, 2.75) is 20.3 Å². The Labute approximate surface area is 149 Å². The van der Waals surface area contributed by atoms with E-state index >= 15 is 0 Å². The second-order valence-corrected chi connectivity index (χ2v) is 5.77. The summed E-state index contributed by atoms with van der Waals surface area (Å²) in [5.41, 5.74) is 1.23. The minimum Gasteiger partial charge on any atom is -0.370 e. The lowest BCUT2D eigenvalue weighted by atomic mass is 10.1. The summed E-state index contributed by atoms with van der Waals surface area (Å²) in [6.45, 7) is 4.04. The molecule has 0 aliphatic carbocycles. The van der Waals surface area contributed by atoms with Gasteiger partial charge in [-0.05, 0) is 38.0 Å². The SMILES string of the molecule is Cc1nc(NCCc2ccc(F)cc2)cc(C(=O)Nc2cc(C)on2)n1. The number of nitrogens with one attached hydrogen (secondary N) is 2. The minimum absolute atomic E-state index is 0.224. The van der Waals surface area contributed by atoms with Gasteiger partial charge in [-0.3, -0.25) is 4.79 Å². The van der Waals surface area contributed by atoms with Gasteiger partial charge in [-0.2, -0.15) is 0 Å². The first-order valence-corrected chi connectivity index (χ1v) is 8.08. The van der Waals surface area contributed by atoms with Gasteiger partial charge in [-0.1, -0.05) is 17.3 Å². The molecule has 0 aliphatic heterocycles. The molecule has 2 aromatic heterocycles. The van der Waals surface area contributed by atoms with Crippen LogP contribution in [0.4, 0.5) is 16.0 Å². The number of carbonyl (C=O) groups is 1. The molecule has 0 saturated heterocycles. The second kappa shape index (κ2) is 7.73. The number of hydrogen-bond donors (Lipinski definition) is 2. The van der Waals surface area contributed by atoms with Crippen LogP contribution in [0.15, 0.2) is 40.9 Å². The van der Waals surface area contributed by atoms with E-state index in [2.05, 4.69) is 25.8 Å². The second-order valence-electron chi connectivity index (χ2n) is 5.77. The number of aryl methyl sites for hydroxylation is 2. The minimum atomic E-state index is -0.398. The van der Waals surface area contributed by atoms with Crippen molar-refractivity contribution in [2.75, 3.05) is 17.2 Å². The highest BCUT2D eigenvalue weighted by molar-refractivity contribution is 6.02. The summed E-state index contributed by atoms with van der Waals surface area (Å²) in [6.07, 6.45) is 0.697. The van der Waals surface area contributed by atoms with Crippen molar-refractivity contribution in [3.63, 3.8) is 0 Å². The van der Waals surface area contributed by atoms with E-state index in [4.69, 9.17) is 4.52 Å². The molecular weight excluding hydrogens is 337 g/mol. The maximum atomic E-state index is 12.9. The van der Waals surface area contributed by atoms with E-state index in [0.717, 1.165) is 5.56 Å². The first kappa shape index (κ1) is 17.5. The number of anilines is 2. The third-order valence-corrected chi connectivity index (χ3v) is 3.57. The van der Waals surface area contributed by atoms with Gasteiger partial charge in [-0.25, -0.2) is 14.4 Å². The maximum absolute atomic E-state index is 12.9. The molecule has 0 bridgehead atoms. The molecule has 3 aromatic rings. The van der Waals surface area contributed by atoms with E-state index in [9.17, 15) is 9.18 Å². The number of carbonyl (C=O) groups excluding carboxylic acids is 1. The molecule has 0 spiro atoms. The summed E-state index contributed by atoms with van der Waals surface area (Å²) < 4.78 is 17.8. The molecule has 0 unspecified atom stereocenters. The van der Waals surface area contributed by atoms with Gasteiger partial charge in [0.1, 0.15) is 28.9 Å². The van der Waals surface area contributed by atoms with Crippen LogP contribution in [-0.4, -0.2) is 27.6 Å². The van der Waals surface area contributed by atoms with Crippen molar-refractivity contribution in [2.24, 2.45) is 0 Å². The third kappa shape index (κ3) is 4.62. The Morgan fingerprint density at radius 1 is 1.12 bits per heavy atom. The molecule has 1 amide bonds. The molecule has 0 atom stereocenters. The van der Waals surface area contributed by atoms with Gasteiger partial charge < -0.3 is 15.2 Å². The van der Waals surface area contributed by atoms with Crippen molar-refractivity contribution in [1.82, 2.24) is 15.1 Å². The van der Waals surface area contributed by atoms with Crippen LogP contribution in [-0.2, 0) is 6.42 Å². The number of nitrogens with zero attached hydrogens (tertiary/aromatic N) is 3. The summed E-state index contributed by atoms with van der Waals surface area (Å²) in [7, 11) is 0. The largest absolute Gasteiger partial charge is 0.370 e. The quantitative estimate of drug-likeness (QED) is 0.706. The highest BCUT2D eigenvalue weighted by atomic mass is 19.1. The van der Waals surface area contributed by atoms with E-state index < -0.39 is 5.91 Å². The van der Waals surface area contributed by atoms with Gasteiger partial charge in [0, 0.05) is 18.7 Å². The van der Waals surface area contributed by atoms with Gasteiger partial charge in [0.15, 0.2) is 5.82 Å². The fourth-order valence-electron chi connectivity index (χ4n) is 2.37. The maximum Gasteiger partial charge on any atom is 0.275 e. The Morgan fingerprint density at radius 3 is 2.58 bits per heavy atom. The summed E-state index contributed by atoms with van der Waals surface area (Å²) in [6, 6.07) is 9.52. The molecule has 2 heterocycles. The Morgan fingerprint density at radius 2 is 1.88 bits per heavy atom. The summed E-state index contributed by atoms with van der Waals surface area (Å²) in [5, 5.41) is 9.50. The summed E-state index contributed by atoms with van der Waals surface area (Å²) in [5.74, 6) is 1.28. The van der Waals surface area contributed by atoms with Gasteiger partial charge in [0.2, 0.25) is 0 Å². The molecule has 8 heteroatoms. The van der Waals surface area contributed by atoms with Crippen LogP contribution < -0.4 is 10.6 Å². The fraction of sp³-hybridized carbons (Fsp3) is 0.222. The Hall–Kier alpha value is -3.29. The van der Waals surface area contributed by atoms with E-state index in [0.29, 0.717) is 36.2 Å². The molecule has 26 heavy (non-hydrogen) atoms. The van der Waals surface area contributed by atoms with Crippen LogP contribution >= 0.6 is 0 Å². The summed E-state index contributed by atoms with van der Waals surface area (Å²) in [4.78, 5) is 20.7. The predicted octanol–water partition coefficient (Wildman–Crippen LogP) is 3.13. The molecule has 0 aliphatic rings. The van der Waals surface area contributed by atoms with Gasteiger partial charge in [-0.15, -0.1) is 0 Å². The van der Waals surface area contributed by atoms with Crippen LogP contribution in [0, 0.1) is 19.7 Å². The number of benzene rings is 1. The lowest BCUT2D eigenvalue weighted by Crippen LogP contribution is -2.16. The number of amides is 1. The zero-order valence-corrected chi connectivity index (χ0v) is 14.4. The predicted molar refractivity (Wildman–Crippen MR) is 94.6 cm³/mol. The molecule has 0 radical (unpaired) electrons. The normalized spacial score (nSPS) is 10.6. The number of hydrogen-bond acceptors (Lipinski definition) is 6. The first-order chi connectivity index (χ1) is 12.5. The zero-order chi connectivity index (χ0) is 18.5. The molecule has 3 rings (SSSR count). The number of aromatic nitrogens is 3. The highest BCUT2D eigenvalue weighted by Gasteiger charge is 2.12. The topological polar surface area (TPSA) is 92.9 Å². The van der Waals surface area contributed by atoms with Crippen molar-refractivity contribution in [1.29, 1.82) is 0 Å². The molecule has 2 N–H and O–H groups in total. The van der Waals surface area contributed by atoms with Crippen molar-refractivity contribution in [3.8, 4) is 0 Å². The average Bonchev–Trinajstić information content (AvgIpc) is 3.01. The van der Waals surface area contributed by atoms with Crippen LogP contribution in [0.2, 0.25) is 0 Å². The molecule has 1 aromatic carbocycles. The average molecular weight is 355 g/mol. The molecular formula is C18H18FN5O2. The van der Waals surface area contributed by atoms with Gasteiger partial charge >= 0.3 is 0 Å². The highest BCUT2D eigenvalue weighted by Crippen LogP contribution is 2.12. The number of halogens is 1. The van der Waals surface area contributed by atoms with E-state index in [1.165, 1.54) is 12.1 Å². The van der Waals surface area contributed by atoms with Crippen LogP contribution in [0.3, 0.4) is 0 Å². The lowest BCUT2D eigenvalue weighted by Gasteiger charge is -2.08. The zero-order valence-electron chi connectivity index (χ0n) is 14.4. The van der Waals surface area contributed by atoms with E-state index in [-0.39, 0.29) is 11.5 Å². The van der Waals surface area contributed by atoms with Crippen molar-refractivity contribution >= 4 is 17.5 Å².